The van der Waals surface area contributed by atoms with E-state index in [0.717, 1.165) is 18.7 Å². The van der Waals surface area contributed by atoms with E-state index in [1.807, 2.05) is 25.3 Å². The summed E-state index contributed by atoms with van der Waals surface area (Å²) in [6.45, 7) is 7.20. The van der Waals surface area contributed by atoms with Crippen molar-refractivity contribution < 1.29 is 38.6 Å². The zero-order valence-electron chi connectivity index (χ0n) is 26.6. The van der Waals surface area contributed by atoms with Gasteiger partial charge in [0.25, 0.3) is 0 Å². The fraction of sp³-hybridized carbons (Fsp3) is 0.824. The van der Waals surface area contributed by atoms with Crippen molar-refractivity contribution in [2.24, 2.45) is 34.5 Å². The summed E-state index contributed by atoms with van der Waals surface area (Å²) in [7, 11) is 7.06. The molecule has 1 aromatic rings. The number of piperidine rings is 1. The first-order chi connectivity index (χ1) is 20.8. The van der Waals surface area contributed by atoms with Gasteiger partial charge in [0.05, 0.1) is 49.3 Å². The van der Waals surface area contributed by atoms with Crippen LogP contribution in [0.15, 0.2) is 30.3 Å². The summed E-state index contributed by atoms with van der Waals surface area (Å²) in [6, 6.07) is 10.3. The SMILES string of the molecule is CCO[C@]12CC(OC)[C@@]3(O)C[C@H]([C@@H]1C3OCc1ccccc1)[C@@]13C(OC)CC(O)[C@@]4(COC)CN(CC)[C@@H]1[C@@H]2C(OC)[C@H]43. The topological polar surface area (TPSA) is 99.1 Å². The molecule has 5 unspecified atom stereocenters. The van der Waals surface area contributed by atoms with E-state index in [-0.39, 0.29) is 41.9 Å². The molecule has 6 aliphatic rings. The second kappa shape index (κ2) is 10.7. The number of aliphatic hydroxyl groups excluding tert-OH is 1. The van der Waals surface area contributed by atoms with Gasteiger partial charge in [0.1, 0.15) is 5.60 Å². The van der Waals surface area contributed by atoms with Crippen molar-refractivity contribution in [1.29, 1.82) is 0 Å². The number of benzene rings is 1. The monoisotopic (exact) mass is 601 g/mol. The molecule has 7 rings (SSSR count). The number of nitrogens with zero attached hydrogens (tertiary/aromatic N) is 1. The van der Waals surface area contributed by atoms with Crippen LogP contribution >= 0.6 is 0 Å². The highest BCUT2D eigenvalue weighted by atomic mass is 16.5. The van der Waals surface area contributed by atoms with Crippen molar-refractivity contribution in [3.63, 3.8) is 0 Å². The van der Waals surface area contributed by atoms with E-state index in [1.54, 1.807) is 21.3 Å². The van der Waals surface area contributed by atoms with Crippen LogP contribution in [0.5, 0.6) is 0 Å². The molecule has 14 atom stereocenters. The summed E-state index contributed by atoms with van der Waals surface area (Å²) < 4.78 is 39.3. The Morgan fingerprint density at radius 3 is 2.33 bits per heavy atom. The van der Waals surface area contributed by atoms with Crippen LogP contribution in [0, 0.1) is 34.5 Å². The van der Waals surface area contributed by atoms with Crippen molar-refractivity contribution >= 4 is 0 Å². The van der Waals surface area contributed by atoms with E-state index in [0.29, 0.717) is 39.1 Å². The fourth-order valence-corrected chi connectivity index (χ4v) is 12.4. The van der Waals surface area contributed by atoms with Crippen LogP contribution in [-0.4, -0.2) is 118 Å². The standard InChI is InChI=1S/C34H51NO8/c1-7-35-18-31(19-38-3)22(36)14-23(39-4)34-21-15-32(37)24(40-5)16-33(43-8-2,26(29(34)35)27(41-6)28(31)34)25(21)30(32)42-17-20-12-10-9-11-13-20/h9-13,21-30,36-37H,7-8,14-19H2,1-6H3/t21-,22?,23?,24?,25-,26+,27?,28-,29-,30?,31+,32+,33-,34+/m1/s1. The molecular formula is C34H51NO8. The summed E-state index contributed by atoms with van der Waals surface area (Å²) in [5, 5.41) is 24.8. The average molecular weight is 602 g/mol. The average Bonchev–Trinajstić information content (AvgIpc) is 3.39. The van der Waals surface area contributed by atoms with E-state index >= 15 is 0 Å². The summed E-state index contributed by atoms with van der Waals surface area (Å²) >= 11 is 0. The lowest BCUT2D eigenvalue weighted by Crippen LogP contribution is -2.79. The minimum absolute atomic E-state index is 0.000551. The number of aliphatic hydroxyl groups is 2. The first-order valence-corrected chi connectivity index (χ1v) is 16.3. The Kier molecular flexibility index (Phi) is 7.60. The Balaban J connectivity index is 1.47. The minimum atomic E-state index is -1.19. The van der Waals surface area contributed by atoms with Crippen LogP contribution in [-0.2, 0) is 35.0 Å². The second-order valence-electron chi connectivity index (χ2n) is 14.2. The molecule has 2 N–H and O–H groups in total. The molecular weight excluding hydrogens is 550 g/mol. The highest BCUT2D eigenvalue weighted by Crippen LogP contribution is 2.80. The van der Waals surface area contributed by atoms with Crippen molar-refractivity contribution in [2.75, 3.05) is 54.7 Å². The van der Waals surface area contributed by atoms with Crippen LogP contribution in [0.3, 0.4) is 0 Å². The predicted molar refractivity (Wildman–Crippen MR) is 158 cm³/mol. The van der Waals surface area contributed by atoms with Crippen LogP contribution in [0.4, 0.5) is 0 Å². The lowest BCUT2D eigenvalue weighted by atomic mass is 9.42. The van der Waals surface area contributed by atoms with Gasteiger partial charge in [-0.25, -0.2) is 0 Å². The van der Waals surface area contributed by atoms with Gasteiger partial charge in [-0.3, -0.25) is 4.90 Å². The first-order valence-electron chi connectivity index (χ1n) is 16.3. The second-order valence-corrected chi connectivity index (χ2v) is 14.2. The van der Waals surface area contributed by atoms with Gasteiger partial charge in [-0.05, 0) is 31.4 Å². The quantitative estimate of drug-likeness (QED) is 0.397. The molecule has 0 radical (unpaired) electrons. The van der Waals surface area contributed by atoms with Gasteiger partial charge < -0.3 is 38.6 Å². The molecule has 7 bridgehead atoms. The summed E-state index contributed by atoms with van der Waals surface area (Å²) in [5.41, 5.74) is -1.72. The van der Waals surface area contributed by atoms with Gasteiger partial charge in [-0.2, -0.15) is 0 Å². The molecule has 1 spiro atoms. The fourth-order valence-electron chi connectivity index (χ4n) is 12.4. The van der Waals surface area contributed by atoms with E-state index in [9.17, 15) is 10.2 Å². The smallest absolute Gasteiger partial charge is 0.118 e. The van der Waals surface area contributed by atoms with Gasteiger partial charge in [-0.1, -0.05) is 37.3 Å². The van der Waals surface area contributed by atoms with E-state index in [1.165, 1.54) is 0 Å². The summed E-state index contributed by atoms with van der Waals surface area (Å²) in [4.78, 5) is 2.57. The Hall–Kier alpha value is -1.14. The third-order valence-corrected chi connectivity index (χ3v) is 13.2. The molecule has 240 valence electrons. The van der Waals surface area contributed by atoms with Crippen LogP contribution in [0.25, 0.3) is 0 Å². The maximum atomic E-state index is 12.8. The highest BCUT2D eigenvalue weighted by molar-refractivity contribution is 5.39. The molecule has 5 aliphatic carbocycles. The summed E-state index contributed by atoms with van der Waals surface area (Å²) in [5.74, 6) is -0.170. The number of rotatable bonds is 11. The molecule has 1 aliphatic heterocycles. The van der Waals surface area contributed by atoms with Crippen molar-refractivity contribution in [3.05, 3.63) is 35.9 Å². The number of likely N-dealkylation sites (tertiary alicyclic amines) is 1. The normalized spacial score (nSPS) is 51.2. The Labute approximate surface area is 256 Å². The van der Waals surface area contributed by atoms with Gasteiger partial charge in [-0.15, -0.1) is 0 Å². The van der Waals surface area contributed by atoms with Gasteiger partial charge >= 0.3 is 0 Å². The van der Waals surface area contributed by atoms with Crippen molar-refractivity contribution in [2.45, 2.75) is 87.5 Å². The molecule has 0 aromatic heterocycles. The zero-order chi connectivity index (χ0) is 30.4. The molecule has 9 nitrogen and oxygen atoms in total. The third kappa shape index (κ3) is 3.60. The lowest BCUT2D eigenvalue weighted by Gasteiger charge is -2.70. The molecule has 1 heterocycles. The molecule has 6 fully saturated rings. The zero-order valence-corrected chi connectivity index (χ0v) is 26.6. The largest absolute Gasteiger partial charge is 0.392 e. The maximum Gasteiger partial charge on any atom is 0.118 e. The Morgan fingerprint density at radius 2 is 1.70 bits per heavy atom. The van der Waals surface area contributed by atoms with Crippen molar-refractivity contribution in [1.82, 2.24) is 4.90 Å². The van der Waals surface area contributed by atoms with Crippen molar-refractivity contribution in [3.8, 4) is 0 Å². The number of methoxy groups -OCH3 is 4. The number of hydrogen-bond donors (Lipinski definition) is 2. The maximum absolute atomic E-state index is 12.8. The van der Waals surface area contributed by atoms with E-state index in [2.05, 4.69) is 30.9 Å². The highest BCUT2D eigenvalue weighted by Gasteiger charge is 2.89. The minimum Gasteiger partial charge on any atom is -0.392 e. The van der Waals surface area contributed by atoms with Crippen LogP contribution < -0.4 is 0 Å². The molecule has 1 saturated heterocycles. The molecule has 5 saturated carbocycles. The molecule has 0 amide bonds. The Morgan fingerprint density at radius 1 is 0.953 bits per heavy atom. The van der Waals surface area contributed by atoms with Gasteiger partial charge in [0.2, 0.25) is 0 Å². The third-order valence-electron chi connectivity index (χ3n) is 13.2. The van der Waals surface area contributed by atoms with Gasteiger partial charge in [0, 0.05) is 89.1 Å². The summed E-state index contributed by atoms with van der Waals surface area (Å²) in [6.07, 6.45) is -0.350. The van der Waals surface area contributed by atoms with Crippen LogP contribution in [0.2, 0.25) is 0 Å². The lowest BCUT2D eigenvalue weighted by molar-refractivity contribution is -0.309. The number of fused-ring (bicyclic) bond motifs is 2. The number of ether oxygens (including phenoxy) is 6. The number of hydrogen-bond acceptors (Lipinski definition) is 9. The Bertz CT molecular complexity index is 1170. The van der Waals surface area contributed by atoms with E-state index in [4.69, 9.17) is 28.4 Å². The molecule has 9 heteroatoms. The van der Waals surface area contributed by atoms with E-state index < -0.39 is 40.3 Å². The van der Waals surface area contributed by atoms with Crippen LogP contribution in [0.1, 0.15) is 38.7 Å². The van der Waals surface area contributed by atoms with Gasteiger partial charge in [0.15, 0.2) is 0 Å². The first kappa shape index (κ1) is 30.5. The molecule has 1 aromatic carbocycles. The predicted octanol–water partition coefficient (Wildman–Crippen LogP) is 2.51. The molecule has 43 heavy (non-hydrogen) atoms.